The molecule has 0 bridgehead atoms. The van der Waals surface area contributed by atoms with E-state index in [2.05, 4.69) is 4.74 Å². The number of nitrogens with two attached hydrogens (primary N) is 1. The van der Waals surface area contributed by atoms with E-state index in [1.165, 1.54) is 26.2 Å². The molecule has 1 rings (SSSR count). The van der Waals surface area contributed by atoms with Gasteiger partial charge in [-0.3, -0.25) is 0 Å². The van der Waals surface area contributed by atoms with Gasteiger partial charge in [-0.1, -0.05) is 0 Å². The van der Waals surface area contributed by atoms with Crippen molar-refractivity contribution in [3.05, 3.63) is 24.0 Å². The molecule has 0 radical (unpaired) electrons. The molecule has 1 aromatic rings. The summed E-state index contributed by atoms with van der Waals surface area (Å²) in [5.41, 5.74) is 5.65. The summed E-state index contributed by atoms with van der Waals surface area (Å²) in [5, 5.41) is 0. The molecule has 15 heavy (non-hydrogen) atoms. The van der Waals surface area contributed by atoms with Gasteiger partial charge in [-0.25, -0.2) is 9.18 Å². The Labute approximate surface area is 86.8 Å². The van der Waals surface area contributed by atoms with Crippen LogP contribution in [0.25, 0.3) is 0 Å². The third kappa shape index (κ3) is 2.83. The fraction of sp³-hybridized carbons (Fsp3) is 0.300. The first kappa shape index (κ1) is 11.3. The van der Waals surface area contributed by atoms with E-state index in [0.717, 1.165) is 6.07 Å². The van der Waals surface area contributed by atoms with E-state index < -0.39 is 17.9 Å². The molecule has 0 aromatic heterocycles. The molecular weight excluding hydrogens is 201 g/mol. The van der Waals surface area contributed by atoms with Gasteiger partial charge in [0.05, 0.1) is 7.11 Å². The van der Waals surface area contributed by atoms with Gasteiger partial charge in [0.2, 0.25) is 0 Å². The summed E-state index contributed by atoms with van der Waals surface area (Å²) in [4.78, 5) is 11.0. The lowest BCUT2D eigenvalue weighted by molar-refractivity contribution is -0.148. The monoisotopic (exact) mass is 213 g/mol. The zero-order chi connectivity index (χ0) is 11.4. The molecule has 0 aliphatic rings. The van der Waals surface area contributed by atoms with E-state index in [-0.39, 0.29) is 5.75 Å². The van der Waals surface area contributed by atoms with Gasteiger partial charge >= 0.3 is 5.97 Å². The van der Waals surface area contributed by atoms with Gasteiger partial charge in [-0.2, -0.15) is 0 Å². The summed E-state index contributed by atoms with van der Waals surface area (Å²) in [6.45, 7) is 1.47. The quantitative estimate of drug-likeness (QED) is 0.608. The Bertz CT molecular complexity index is 368. The van der Waals surface area contributed by atoms with Crippen LogP contribution in [0.3, 0.4) is 0 Å². The minimum atomic E-state index is -0.854. The highest BCUT2D eigenvalue weighted by Gasteiger charge is 2.16. The third-order valence-corrected chi connectivity index (χ3v) is 1.79. The molecule has 0 saturated carbocycles. The maximum Gasteiger partial charge on any atom is 0.346 e. The van der Waals surface area contributed by atoms with E-state index in [1.807, 2.05) is 0 Å². The molecule has 0 spiro atoms. The van der Waals surface area contributed by atoms with Crippen LogP contribution in [0, 0.1) is 5.82 Å². The maximum atomic E-state index is 13.2. The summed E-state index contributed by atoms with van der Waals surface area (Å²) >= 11 is 0. The van der Waals surface area contributed by atoms with Crippen LogP contribution in [-0.4, -0.2) is 19.2 Å². The van der Waals surface area contributed by atoms with Crippen molar-refractivity contribution < 1.29 is 18.7 Å². The first-order chi connectivity index (χ1) is 7.04. The number of methoxy groups -OCH3 is 1. The molecule has 82 valence electrons. The molecule has 5 heteroatoms. The number of nitrogen functional groups attached to an aromatic ring is 1. The molecule has 1 atom stereocenters. The molecule has 0 heterocycles. The van der Waals surface area contributed by atoms with E-state index in [1.54, 1.807) is 0 Å². The highest BCUT2D eigenvalue weighted by molar-refractivity contribution is 5.74. The molecular formula is C10H12FNO3. The van der Waals surface area contributed by atoms with Crippen LogP contribution in [0.1, 0.15) is 6.92 Å². The molecule has 0 fully saturated rings. The zero-order valence-electron chi connectivity index (χ0n) is 8.49. The average molecular weight is 213 g/mol. The second-order valence-electron chi connectivity index (χ2n) is 2.97. The third-order valence-electron chi connectivity index (χ3n) is 1.79. The Balaban J connectivity index is 2.76. The molecule has 0 saturated heterocycles. The van der Waals surface area contributed by atoms with Crippen molar-refractivity contribution in [1.82, 2.24) is 0 Å². The van der Waals surface area contributed by atoms with Gasteiger partial charge < -0.3 is 15.2 Å². The summed E-state index contributed by atoms with van der Waals surface area (Å²) in [7, 11) is 1.24. The molecule has 2 N–H and O–H groups in total. The minimum Gasteiger partial charge on any atom is -0.476 e. The van der Waals surface area contributed by atoms with Crippen LogP contribution < -0.4 is 10.5 Å². The normalized spacial score (nSPS) is 11.9. The topological polar surface area (TPSA) is 61.5 Å². The number of hydrogen-bond acceptors (Lipinski definition) is 4. The molecule has 4 nitrogen and oxygen atoms in total. The highest BCUT2D eigenvalue weighted by atomic mass is 19.1. The second kappa shape index (κ2) is 4.63. The first-order valence-electron chi connectivity index (χ1n) is 4.34. The van der Waals surface area contributed by atoms with Crippen molar-refractivity contribution >= 4 is 11.7 Å². The van der Waals surface area contributed by atoms with Gasteiger partial charge in [0.15, 0.2) is 17.7 Å². The summed E-state index contributed by atoms with van der Waals surface area (Å²) in [5.74, 6) is -1.20. The van der Waals surface area contributed by atoms with Gasteiger partial charge in [0.1, 0.15) is 0 Å². The number of rotatable bonds is 3. The smallest absolute Gasteiger partial charge is 0.346 e. The fourth-order valence-electron chi connectivity index (χ4n) is 1.02. The number of anilines is 1. The van der Waals surface area contributed by atoms with Crippen molar-refractivity contribution in [1.29, 1.82) is 0 Å². The van der Waals surface area contributed by atoms with Crippen molar-refractivity contribution in [2.24, 2.45) is 0 Å². The van der Waals surface area contributed by atoms with E-state index >= 15 is 0 Å². The predicted octanol–water partition coefficient (Wildman–Crippen LogP) is 1.35. The van der Waals surface area contributed by atoms with E-state index in [4.69, 9.17) is 10.5 Å². The molecule has 0 aliphatic heterocycles. The lowest BCUT2D eigenvalue weighted by atomic mass is 10.3. The Kier molecular flexibility index (Phi) is 3.49. The maximum absolute atomic E-state index is 13.2. The lowest BCUT2D eigenvalue weighted by Crippen LogP contribution is -2.25. The predicted molar refractivity (Wildman–Crippen MR) is 52.9 cm³/mol. The lowest BCUT2D eigenvalue weighted by Gasteiger charge is -2.12. The number of halogens is 1. The average Bonchev–Trinajstić information content (AvgIpc) is 2.20. The Morgan fingerprint density at radius 1 is 1.53 bits per heavy atom. The Morgan fingerprint density at radius 2 is 2.20 bits per heavy atom. The second-order valence-corrected chi connectivity index (χ2v) is 2.97. The SMILES string of the molecule is COC(=O)[C@H](C)Oc1ccc(N)cc1F. The molecule has 0 aliphatic carbocycles. The van der Waals surface area contributed by atoms with Crippen molar-refractivity contribution in [3.8, 4) is 5.75 Å². The molecule has 0 amide bonds. The number of carbonyl (C=O) groups excluding carboxylic acids is 1. The largest absolute Gasteiger partial charge is 0.476 e. The van der Waals surface area contributed by atoms with Crippen LogP contribution in [-0.2, 0) is 9.53 Å². The number of ether oxygens (including phenoxy) is 2. The standard InChI is InChI=1S/C10H12FNO3/c1-6(10(13)14-2)15-9-4-3-7(12)5-8(9)11/h3-6H,12H2,1-2H3/t6-/m0/s1. The Morgan fingerprint density at radius 3 is 2.73 bits per heavy atom. The zero-order valence-corrected chi connectivity index (χ0v) is 8.49. The van der Waals surface area contributed by atoms with Gasteiger partial charge in [-0.05, 0) is 19.1 Å². The van der Waals surface area contributed by atoms with Gasteiger partial charge in [0.25, 0.3) is 0 Å². The minimum absolute atomic E-state index is 0.0258. The van der Waals surface area contributed by atoms with Crippen LogP contribution in [0.15, 0.2) is 18.2 Å². The van der Waals surface area contributed by atoms with Crippen LogP contribution in [0.2, 0.25) is 0 Å². The number of benzene rings is 1. The van der Waals surface area contributed by atoms with E-state index in [0.29, 0.717) is 5.69 Å². The molecule has 1 aromatic carbocycles. The summed E-state index contributed by atoms with van der Waals surface area (Å²) < 4.78 is 22.7. The van der Waals surface area contributed by atoms with Gasteiger partial charge in [-0.15, -0.1) is 0 Å². The number of carbonyl (C=O) groups is 1. The Hall–Kier alpha value is -1.78. The number of hydrogen-bond donors (Lipinski definition) is 1. The van der Waals surface area contributed by atoms with Crippen molar-refractivity contribution in [2.45, 2.75) is 13.0 Å². The van der Waals surface area contributed by atoms with Gasteiger partial charge in [0, 0.05) is 11.8 Å². The summed E-state index contributed by atoms with van der Waals surface area (Å²) in [6.07, 6.45) is -0.854. The van der Waals surface area contributed by atoms with Crippen LogP contribution in [0.5, 0.6) is 5.75 Å². The highest BCUT2D eigenvalue weighted by Crippen LogP contribution is 2.20. The van der Waals surface area contributed by atoms with Crippen molar-refractivity contribution in [2.75, 3.05) is 12.8 Å². The van der Waals surface area contributed by atoms with Crippen LogP contribution >= 0.6 is 0 Å². The fourth-order valence-corrected chi connectivity index (χ4v) is 1.02. The molecule has 0 unspecified atom stereocenters. The van der Waals surface area contributed by atoms with Crippen LogP contribution in [0.4, 0.5) is 10.1 Å². The van der Waals surface area contributed by atoms with E-state index in [9.17, 15) is 9.18 Å². The van der Waals surface area contributed by atoms with Crippen molar-refractivity contribution in [3.63, 3.8) is 0 Å². The number of esters is 1. The first-order valence-corrected chi connectivity index (χ1v) is 4.34. The summed E-state index contributed by atoms with van der Waals surface area (Å²) in [6, 6.07) is 3.98.